The van der Waals surface area contributed by atoms with E-state index >= 15 is 0 Å². The van der Waals surface area contributed by atoms with Gasteiger partial charge in [0.05, 0.1) is 25.4 Å². The number of esters is 1. The van der Waals surface area contributed by atoms with Crippen molar-refractivity contribution in [3.63, 3.8) is 0 Å². The normalized spacial score (nSPS) is 12.6. The summed E-state index contributed by atoms with van der Waals surface area (Å²) in [5.41, 5.74) is 0. The molecule has 0 aliphatic heterocycles. The minimum Gasteiger partial charge on any atom is -0.466 e. The first-order chi connectivity index (χ1) is 35.0. The number of carbonyl (C=O) groups excluding carboxylic acids is 2. The zero-order chi connectivity index (χ0) is 51.4. The van der Waals surface area contributed by atoms with Crippen LogP contribution in [0.2, 0.25) is 0 Å². The number of hydrogen-bond donors (Lipinski definition) is 3. The highest BCUT2D eigenvalue weighted by atomic mass is 16.5. The van der Waals surface area contributed by atoms with E-state index in [4.69, 9.17) is 4.74 Å². The number of rotatable bonds is 61. The molecular weight excluding hydrogens is 875 g/mol. The molecule has 1 amide bonds. The van der Waals surface area contributed by atoms with Gasteiger partial charge in [-0.25, -0.2) is 0 Å². The van der Waals surface area contributed by atoms with Gasteiger partial charge < -0.3 is 20.3 Å². The molecule has 6 heteroatoms. The molecule has 0 aliphatic carbocycles. The molecule has 2 atom stereocenters. The first-order valence-corrected chi connectivity index (χ1v) is 32.4. The molecule has 0 saturated heterocycles. The van der Waals surface area contributed by atoms with Gasteiger partial charge in [0, 0.05) is 12.8 Å². The number of unbranched alkanes of at least 4 members (excludes halogenated alkanes) is 48. The fraction of sp³-hybridized carbons (Fsp3) is 0.938. The standard InChI is InChI=1S/C65H127NO5/c1-3-5-7-9-11-13-15-34-38-41-45-49-53-57-63(68)62(61-67)66-64(69)58-54-50-46-42-39-35-32-30-28-26-24-22-20-18-16-17-19-21-23-25-27-29-31-33-36-40-44-48-52-56-60-71-65(70)59-55-51-47-43-37-14-12-10-8-6-4-2/h10,12,62-63,67-68H,3-9,11,13-61H2,1-2H3,(H,66,69)/b12-10-. The molecule has 422 valence electrons. The van der Waals surface area contributed by atoms with Crippen LogP contribution in [0.3, 0.4) is 0 Å². The van der Waals surface area contributed by atoms with Crippen LogP contribution in [-0.4, -0.2) is 47.4 Å². The molecule has 0 spiro atoms. The number of hydrogen-bond acceptors (Lipinski definition) is 5. The van der Waals surface area contributed by atoms with Crippen LogP contribution in [0.4, 0.5) is 0 Å². The minimum atomic E-state index is -0.660. The van der Waals surface area contributed by atoms with Crippen LogP contribution in [0.15, 0.2) is 12.2 Å². The zero-order valence-corrected chi connectivity index (χ0v) is 48.2. The summed E-state index contributed by atoms with van der Waals surface area (Å²) >= 11 is 0. The average molecular weight is 1000 g/mol. The predicted octanol–water partition coefficient (Wildman–Crippen LogP) is 20.4. The Morgan fingerprint density at radius 1 is 0.380 bits per heavy atom. The van der Waals surface area contributed by atoms with Gasteiger partial charge in [0.15, 0.2) is 0 Å². The molecule has 0 aromatic heterocycles. The fourth-order valence-electron chi connectivity index (χ4n) is 10.3. The van der Waals surface area contributed by atoms with Crippen LogP contribution in [-0.2, 0) is 14.3 Å². The first kappa shape index (κ1) is 69.6. The van der Waals surface area contributed by atoms with Crippen molar-refractivity contribution in [3.05, 3.63) is 12.2 Å². The second-order valence-corrected chi connectivity index (χ2v) is 22.5. The van der Waals surface area contributed by atoms with Crippen LogP contribution in [0.1, 0.15) is 367 Å². The Morgan fingerprint density at radius 3 is 1.04 bits per heavy atom. The van der Waals surface area contributed by atoms with Crippen LogP contribution < -0.4 is 5.32 Å². The molecular formula is C65H127NO5. The average Bonchev–Trinajstić information content (AvgIpc) is 3.37. The third-order valence-corrected chi connectivity index (χ3v) is 15.3. The van der Waals surface area contributed by atoms with E-state index in [1.54, 1.807) is 0 Å². The number of nitrogens with one attached hydrogen (secondary N) is 1. The molecule has 0 rings (SSSR count). The fourth-order valence-corrected chi connectivity index (χ4v) is 10.3. The van der Waals surface area contributed by atoms with E-state index in [9.17, 15) is 19.8 Å². The number of aliphatic hydroxyl groups excluding tert-OH is 2. The maximum absolute atomic E-state index is 12.5. The summed E-state index contributed by atoms with van der Waals surface area (Å²) in [4.78, 5) is 24.5. The minimum absolute atomic E-state index is 0.00944. The summed E-state index contributed by atoms with van der Waals surface area (Å²) in [7, 11) is 0. The van der Waals surface area contributed by atoms with E-state index in [-0.39, 0.29) is 18.5 Å². The molecule has 0 heterocycles. The molecule has 0 aromatic carbocycles. The Hall–Kier alpha value is -1.40. The number of amides is 1. The summed E-state index contributed by atoms with van der Waals surface area (Å²) in [5, 5.41) is 23.3. The molecule has 0 bridgehead atoms. The van der Waals surface area contributed by atoms with E-state index in [1.165, 1.54) is 289 Å². The van der Waals surface area contributed by atoms with Crippen LogP contribution in [0.5, 0.6) is 0 Å². The van der Waals surface area contributed by atoms with Crippen molar-refractivity contribution < 1.29 is 24.5 Å². The van der Waals surface area contributed by atoms with Crippen LogP contribution in [0.25, 0.3) is 0 Å². The molecule has 2 unspecified atom stereocenters. The highest BCUT2D eigenvalue weighted by Gasteiger charge is 2.20. The van der Waals surface area contributed by atoms with Gasteiger partial charge in [-0.05, 0) is 44.9 Å². The van der Waals surface area contributed by atoms with E-state index in [0.29, 0.717) is 25.9 Å². The quantitative estimate of drug-likeness (QED) is 0.0320. The van der Waals surface area contributed by atoms with E-state index < -0.39 is 12.1 Å². The molecule has 3 N–H and O–H groups in total. The summed E-state index contributed by atoms with van der Waals surface area (Å²) < 4.78 is 5.46. The molecule has 0 fully saturated rings. The molecule has 6 nitrogen and oxygen atoms in total. The number of ether oxygens (including phenoxy) is 1. The topological polar surface area (TPSA) is 95.9 Å². The van der Waals surface area contributed by atoms with Crippen molar-refractivity contribution in [3.8, 4) is 0 Å². The van der Waals surface area contributed by atoms with Gasteiger partial charge in [-0.1, -0.05) is 321 Å². The molecule has 0 aromatic rings. The van der Waals surface area contributed by atoms with Crippen LogP contribution in [0, 0.1) is 0 Å². The Bertz CT molecular complexity index is 1060. The van der Waals surface area contributed by atoms with E-state index in [1.807, 2.05) is 0 Å². The van der Waals surface area contributed by atoms with Crippen molar-refractivity contribution in [2.24, 2.45) is 0 Å². The van der Waals surface area contributed by atoms with Crippen molar-refractivity contribution in [1.29, 1.82) is 0 Å². The summed E-state index contributed by atoms with van der Waals surface area (Å²) in [6, 6.07) is -0.537. The molecule has 71 heavy (non-hydrogen) atoms. The Kier molecular flexibility index (Phi) is 59.9. The lowest BCUT2D eigenvalue weighted by Crippen LogP contribution is -2.45. The summed E-state index contributed by atoms with van der Waals surface area (Å²) in [6.07, 6.45) is 73.9. The van der Waals surface area contributed by atoms with Crippen molar-refractivity contribution in [2.45, 2.75) is 379 Å². The predicted molar refractivity (Wildman–Crippen MR) is 310 cm³/mol. The maximum atomic E-state index is 12.5. The Morgan fingerprint density at radius 2 is 0.676 bits per heavy atom. The van der Waals surface area contributed by atoms with E-state index in [2.05, 4.69) is 31.3 Å². The zero-order valence-electron chi connectivity index (χ0n) is 48.2. The van der Waals surface area contributed by atoms with E-state index in [0.717, 1.165) is 44.9 Å². The van der Waals surface area contributed by atoms with Gasteiger partial charge in [0.1, 0.15) is 0 Å². The van der Waals surface area contributed by atoms with Gasteiger partial charge in [-0.2, -0.15) is 0 Å². The SMILES string of the molecule is CCCC/C=C\CCCCCCCC(=O)OCCCCCCCCCCCCCCCCCCCCCCCCCCCCCCCCC(=O)NC(CO)C(O)CCCCCCCCCCCCCCC. The third-order valence-electron chi connectivity index (χ3n) is 15.3. The molecule has 0 aliphatic rings. The lowest BCUT2D eigenvalue weighted by molar-refractivity contribution is -0.143. The van der Waals surface area contributed by atoms with Gasteiger partial charge in [-0.3, -0.25) is 9.59 Å². The number of aliphatic hydroxyl groups is 2. The second kappa shape index (κ2) is 61.1. The number of allylic oxidation sites excluding steroid dienone is 2. The summed E-state index contributed by atoms with van der Waals surface area (Å²) in [6.45, 7) is 4.94. The Balaban J connectivity index is 3.31. The molecule has 0 radical (unpaired) electrons. The third kappa shape index (κ3) is 57.7. The maximum Gasteiger partial charge on any atom is 0.305 e. The summed E-state index contributed by atoms with van der Waals surface area (Å²) in [5.74, 6) is -0.0197. The van der Waals surface area contributed by atoms with Crippen molar-refractivity contribution >= 4 is 11.9 Å². The second-order valence-electron chi connectivity index (χ2n) is 22.5. The Labute approximate surface area is 444 Å². The van der Waals surface area contributed by atoms with Gasteiger partial charge in [0.2, 0.25) is 5.91 Å². The van der Waals surface area contributed by atoms with Gasteiger partial charge >= 0.3 is 5.97 Å². The van der Waals surface area contributed by atoms with Crippen molar-refractivity contribution in [2.75, 3.05) is 13.2 Å². The molecule has 0 saturated carbocycles. The lowest BCUT2D eigenvalue weighted by atomic mass is 10.0. The van der Waals surface area contributed by atoms with Gasteiger partial charge in [-0.15, -0.1) is 0 Å². The van der Waals surface area contributed by atoms with Crippen LogP contribution >= 0.6 is 0 Å². The smallest absolute Gasteiger partial charge is 0.305 e. The number of carbonyl (C=O) groups is 2. The first-order valence-electron chi connectivity index (χ1n) is 32.4. The monoisotopic (exact) mass is 1000 g/mol. The highest BCUT2D eigenvalue weighted by Crippen LogP contribution is 2.19. The highest BCUT2D eigenvalue weighted by molar-refractivity contribution is 5.76. The van der Waals surface area contributed by atoms with Crippen molar-refractivity contribution in [1.82, 2.24) is 5.32 Å². The lowest BCUT2D eigenvalue weighted by Gasteiger charge is -2.22. The van der Waals surface area contributed by atoms with Gasteiger partial charge in [0.25, 0.3) is 0 Å². The largest absolute Gasteiger partial charge is 0.466 e.